The number of rotatable bonds is 5. The third-order valence-electron chi connectivity index (χ3n) is 3.11. The molecule has 0 N–H and O–H groups in total. The van der Waals surface area contributed by atoms with Crippen molar-refractivity contribution in [1.29, 1.82) is 0 Å². The van der Waals surface area contributed by atoms with Gasteiger partial charge in [-0.15, -0.1) is 0 Å². The lowest BCUT2D eigenvalue weighted by Gasteiger charge is -2.14. The molecular formula is C11H17F3O2. The van der Waals surface area contributed by atoms with E-state index in [0.717, 1.165) is 12.8 Å². The molecule has 0 heterocycles. The highest BCUT2D eigenvalue weighted by Crippen LogP contribution is 2.31. The van der Waals surface area contributed by atoms with Crippen molar-refractivity contribution in [3.63, 3.8) is 0 Å². The van der Waals surface area contributed by atoms with Crippen molar-refractivity contribution in [2.45, 2.75) is 38.8 Å². The first kappa shape index (κ1) is 13.5. The van der Waals surface area contributed by atoms with Gasteiger partial charge in [0.2, 0.25) is 0 Å². The second kappa shape index (κ2) is 5.66. The van der Waals surface area contributed by atoms with Crippen LogP contribution < -0.4 is 0 Å². The molecule has 0 spiro atoms. The molecule has 0 saturated heterocycles. The molecule has 0 aliphatic heterocycles. The molecule has 94 valence electrons. The van der Waals surface area contributed by atoms with Gasteiger partial charge in [0.25, 0.3) is 0 Å². The minimum atomic E-state index is -4.24. The fraction of sp³-hybridized carbons (Fsp3) is 0.909. The lowest BCUT2D eigenvalue weighted by atomic mass is 9.93. The summed E-state index contributed by atoms with van der Waals surface area (Å²) in [6.07, 6.45) is -1.37. The maximum absolute atomic E-state index is 11.7. The van der Waals surface area contributed by atoms with E-state index in [4.69, 9.17) is 0 Å². The zero-order chi connectivity index (χ0) is 12.2. The van der Waals surface area contributed by atoms with E-state index in [2.05, 4.69) is 4.74 Å². The topological polar surface area (TPSA) is 26.3 Å². The molecule has 1 aliphatic carbocycles. The van der Waals surface area contributed by atoms with E-state index in [9.17, 15) is 18.0 Å². The third kappa shape index (κ3) is 4.51. The van der Waals surface area contributed by atoms with Gasteiger partial charge in [-0.3, -0.25) is 4.79 Å². The van der Waals surface area contributed by atoms with E-state index in [0.29, 0.717) is 18.8 Å². The Morgan fingerprint density at radius 1 is 1.44 bits per heavy atom. The van der Waals surface area contributed by atoms with Gasteiger partial charge in [-0.05, 0) is 25.2 Å². The highest BCUT2D eigenvalue weighted by Gasteiger charge is 2.30. The van der Waals surface area contributed by atoms with E-state index in [1.165, 1.54) is 0 Å². The van der Waals surface area contributed by atoms with Gasteiger partial charge in [-0.25, -0.2) is 0 Å². The molecule has 0 amide bonds. The molecule has 0 aromatic rings. The second-order valence-corrected chi connectivity index (χ2v) is 4.36. The van der Waals surface area contributed by atoms with Gasteiger partial charge in [0.05, 0.1) is 0 Å². The van der Waals surface area contributed by atoms with Crippen molar-refractivity contribution in [2.24, 2.45) is 11.8 Å². The molecule has 2 nitrogen and oxygen atoms in total. The number of hydrogen-bond donors (Lipinski definition) is 0. The van der Waals surface area contributed by atoms with E-state index in [1.807, 2.05) is 6.92 Å². The molecule has 1 fully saturated rings. The van der Waals surface area contributed by atoms with Crippen LogP contribution >= 0.6 is 0 Å². The van der Waals surface area contributed by atoms with Gasteiger partial charge >= 0.3 is 6.18 Å². The van der Waals surface area contributed by atoms with Gasteiger partial charge in [0.1, 0.15) is 12.4 Å². The van der Waals surface area contributed by atoms with Gasteiger partial charge in [-0.1, -0.05) is 6.92 Å². The van der Waals surface area contributed by atoms with Crippen molar-refractivity contribution in [3.05, 3.63) is 0 Å². The van der Waals surface area contributed by atoms with Crippen LogP contribution in [0.2, 0.25) is 0 Å². The van der Waals surface area contributed by atoms with Crippen LogP contribution in [-0.4, -0.2) is 25.2 Å². The average Bonchev–Trinajstić information content (AvgIpc) is 2.47. The Hall–Kier alpha value is -0.580. The lowest BCUT2D eigenvalue weighted by Crippen LogP contribution is -2.18. The van der Waals surface area contributed by atoms with Crippen LogP contribution in [0.15, 0.2) is 0 Å². The quantitative estimate of drug-likeness (QED) is 0.688. The minimum Gasteiger partial charge on any atom is -0.372 e. The van der Waals surface area contributed by atoms with Crippen LogP contribution in [-0.2, 0) is 9.53 Å². The van der Waals surface area contributed by atoms with Gasteiger partial charge < -0.3 is 4.74 Å². The van der Waals surface area contributed by atoms with E-state index in [1.54, 1.807) is 0 Å². The third-order valence-corrected chi connectivity index (χ3v) is 3.11. The zero-order valence-electron chi connectivity index (χ0n) is 9.35. The molecule has 0 bridgehead atoms. The molecule has 1 saturated carbocycles. The number of carbonyl (C=O) groups excluding carboxylic acids is 1. The standard InChI is InChI=1S/C11H17F3O2/c1-8-9(4-5-10(8)15)3-2-6-16-7-11(12,13)14/h8-9H,2-7H2,1H3. The van der Waals surface area contributed by atoms with Crippen molar-refractivity contribution in [3.8, 4) is 0 Å². The first-order chi connectivity index (χ1) is 7.40. The van der Waals surface area contributed by atoms with E-state index in [-0.39, 0.29) is 18.3 Å². The smallest absolute Gasteiger partial charge is 0.372 e. The number of halogens is 3. The SMILES string of the molecule is CC1C(=O)CCC1CCCOCC(F)(F)F. The van der Waals surface area contributed by atoms with Crippen LogP contribution in [0.3, 0.4) is 0 Å². The Morgan fingerprint density at radius 2 is 2.12 bits per heavy atom. The maximum atomic E-state index is 11.7. The maximum Gasteiger partial charge on any atom is 0.411 e. The lowest BCUT2D eigenvalue weighted by molar-refractivity contribution is -0.174. The fourth-order valence-corrected chi connectivity index (χ4v) is 2.10. The van der Waals surface area contributed by atoms with Crippen molar-refractivity contribution in [2.75, 3.05) is 13.2 Å². The molecule has 16 heavy (non-hydrogen) atoms. The van der Waals surface area contributed by atoms with Crippen LogP contribution in [0.1, 0.15) is 32.6 Å². The van der Waals surface area contributed by atoms with Crippen LogP contribution in [0.25, 0.3) is 0 Å². The van der Waals surface area contributed by atoms with Crippen molar-refractivity contribution in [1.82, 2.24) is 0 Å². The molecule has 0 aromatic carbocycles. The molecule has 1 aliphatic rings. The van der Waals surface area contributed by atoms with Crippen molar-refractivity contribution >= 4 is 5.78 Å². The average molecular weight is 238 g/mol. The molecule has 0 aromatic heterocycles. The Morgan fingerprint density at radius 3 is 2.62 bits per heavy atom. The number of Topliss-reactive ketones (excluding diaryl/α,β-unsaturated/α-hetero) is 1. The predicted octanol–water partition coefficient (Wildman–Crippen LogP) is 2.96. The van der Waals surface area contributed by atoms with Gasteiger partial charge in [0, 0.05) is 18.9 Å². The summed E-state index contributed by atoms with van der Waals surface area (Å²) in [5, 5.41) is 0. The monoisotopic (exact) mass is 238 g/mol. The summed E-state index contributed by atoms with van der Waals surface area (Å²) in [5.41, 5.74) is 0. The normalized spacial score (nSPS) is 26.4. The summed E-state index contributed by atoms with van der Waals surface area (Å²) in [6, 6.07) is 0. The summed E-state index contributed by atoms with van der Waals surface area (Å²) in [4.78, 5) is 11.2. The molecule has 1 rings (SSSR count). The fourth-order valence-electron chi connectivity index (χ4n) is 2.10. The van der Waals surface area contributed by atoms with E-state index < -0.39 is 12.8 Å². The number of alkyl halides is 3. The zero-order valence-corrected chi connectivity index (χ0v) is 9.35. The van der Waals surface area contributed by atoms with E-state index >= 15 is 0 Å². The first-order valence-electron chi connectivity index (χ1n) is 5.57. The largest absolute Gasteiger partial charge is 0.411 e. The predicted molar refractivity (Wildman–Crippen MR) is 53.0 cm³/mol. The number of carbonyl (C=O) groups is 1. The second-order valence-electron chi connectivity index (χ2n) is 4.36. The Kier molecular flexibility index (Phi) is 4.77. The highest BCUT2D eigenvalue weighted by atomic mass is 19.4. The molecule has 2 atom stereocenters. The Bertz CT molecular complexity index is 238. The number of ketones is 1. The van der Waals surface area contributed by atoms with Gasteiger partial charge in [0.15, 0.2) is 0 Å². The number of hydrogen-bond acceptors (Lipinski definition) is 2. The number of ether oxygens (including phenoxy) is 1. The Balaban J connectivity index is 2.06. The molecular weight excluding hydrogens is 221 g/mol. The Labute approximate surface area is 93.2 Å². The molecule has 0 radical (unpaired) electrons. The van der Waals surface area contributed by atoms with Gasteiger partial charge in [-0.2, -0.15) is 13.2 Å². The summed E-state index contributed by atoms with van der Waals surface area (Å²) in [5.74, 6) is 0.686. The summed E-state index contributed by atoms with van der Waals surface area (Å²) in [6.45, 7) is 0.847. The summed E-state index contributed by atoms with van der Waals surface area (Å²) in [7, 11) is 0. The molecule has 2 unspecified atom stereocenters. The summed E-state index contributed by atoms with van der Waals surface area (Å²) >= 11 is 0. The van der Waals surface area contributed by atoms with Crippen LogP contribution in [0, 0.1) is 11.8 Å². The highest BCUT2D eigenvalue weighted by molar-refractivity contribution is 5.82. The van der Waals surface area contributed by atoms with Crippen LogP contribution in [0.5, 0.6) is 0 Å². The molecule has 5 heteroatoms. The van der Waals surface area contributed by atoms with Crippen molar-refractivity contribution < 1.29 is 22.7 Å². The summed E-state index contributed by atoms with van der Waals surface area (Å²) < 4.78 is 39.7. The first-order valence-corrected chi connectivity index (χ1v) is 5.57. The van der Waals surface area contributed by atoms with Crippen LogP contribution in [0.4, 0.5) is 13.2 Å². The minimum absolute atomic E-state index is 0.0719.